The van der Waals surface area contributed by atoms with E-state index in [1.54, 1.807) is 7.11 Å². The Morgan fingerprint density at radius 2 is 2.06 bits per heavy atom. The lowest BCUT2D eigenvalue weighted by atomic mass is 9.98. The average molecular weight is 222 g/mol. The van der Waals surface area contributed by atoms with E-state index in [0.29, 0.717) is 5.92 Å². The molecule has 3 nitrogen and oxygen atoms in total. The van der Waals surface area contributed by atoms with Crippen LogP contribution in [-0.4, -0.2) is 30.5 Å². The molecule has 3 heteroatoms. The number of fused-ring (bicyclic) bond motifs is 1. The summed E-state index contributed by atoms with van der Waals surface area (Å²) in [7, 11) is 1.65. The highest BCUT2D eigenvalue weighted by Crippen LogP contribution is 2.44. The second kappa shape index (κ2) is 4.85. The van der Waals surface area contributed by atoms with Crippen LogP contribution in [0, 0.1) is 0 Å². The molecule has 2 atom stereocenters. The Kier molecular flexibility index (Phi) is 3.46. The summed E-state index contributed by atoms with van der Waals surface area (Å²) < 4.78 is 5.21. The SMILES string of the molecule is COc1ccc2c(c1)C(CCO)CC2CO. The first-order chi connectivity index (χ1) is 7.80. The van der Waals surface area contributed by atoms with Gasteiger partial charge < -0.3 is 14.9 Å². The van der Waals surface area contributed by atoms with Gasteiger partial charge in [0.15, 0.2) is 0 Å². The number of ether oxygens (including phenoxy) is 1. The van der Waals surface area contributed by atoms with Crippen molar-refractivity contribution < 1.29 is 14.9 Å². The number of methoxy groups -OCH3 is 1. The molecule has 0 saturated heterocycles. The Hall–Kier alpha value is -1.06. The van der Waals surface area contributed by atoms with Crippen LogP contribution in [-0.2, 0) is 0 Å². The number of hydrogen-bond donors (Lipinski definition) is 2. The van der Waals surface area contributed by atoms with Gasteiger partial charge in [-0.25, -0.2) is 0 Å². The van der Waals surface area contributed by atoms with Crippen LogP contribution in [0.2, 0.25) is 0 Å². The highest BCUT2D eigenvalue weighted by atomic mass is 16.5. The minimum atomic E-state index is 0.182. The molecule has 2 unspecified atom stereocenters. The van der Waals surface area contributed by atoms with Crippen molar-refractivity contribution in [1.29, 1.82) is 0 Å². The summed E-state index contributed by atoms with van der Waals surface area (Å²) in [5, 5.41) is 18.4. The third kappa shape index (κ3) is 1.93. The highest BCUT2D eigenvalue weighted by molar-refractivity contribution is 5.43. The van der Waals surface area contributed by atoms with E-state index >= 15 is 0 Å². The largest absolute Gasteiger partial charge is 0.497 e. The van der Waals surface area contributed by atoms with Crippen molar-refractivity contribution in [1.82, 2.24) is 0 Å². The molecule has 0 aliphatic heterocycles. The minimum absolute atomic E-state index is 0.182. The normalized spacial score (nSPS) is 23.2. The maximum absolute atomic E-state index is 9.33. The number of benzene rings is 1. The highest BCUT2D eigenvalue weighted by Gasteiger charge is 2.30. The van der Waals surface area contributed by atoms with Gasteiger partial charge in [-0.15, -0.1) is 0 Å². The zero-order valence-corrected chi connectivity index (χ0v) is 9.52. The van der Waals surface area contributed by atoms with E-state index in [9.17, 15) is 5.11 Å². The topological polar surface area (TPSA) is 49.7 Å². The van der Waals surface area contributed by atoms with Gasteiger partial charge in [-0.3, -0.25) is 0 Å². The standard InChI is InChI=1S/C13H18O3/c1-16-11-2-3-12-10(8-15)6-9(4-5-14)13(12)7-11/h2-3,7,9-10,14-15H,4-6,8H2,1H3. The Morgan fingerprint density at radius 3 is 2.69 bits per heavy atom. The van der Waals surface area contributed by atoms with Gasteiger partial charge in [-0.1, -0.05) is 6.07 Å². The van der Waals surface area contributed by atoms with Crippen molar-refractivity contribution in [2.24, 2.45) is 0 Å². The van der Waals surface area contributed by atoms with Crippen LogP contribution in [0.3, 0.4) is 0 Å². The molecule has 16 heavy (non-hydrogen) atoms. The maximum atomic E-state index is 9.33. The van der Waals surface area contributed by atoms with Crippen molar-refractivity contribution in [3.8, 4) is 5.75 Å². The van der Waals surface area contributed by atoms with E-state index in [-0.39, 0.29) is 19.1 Å². The lowest BCUT2D eigenvalue weighted by Crippen LogP contribution is -2.00. The maximum Gasteiger partial charge on any atom is 0.119 e. The van der Waals surface area contributed by atoms with Gasteiger partial charge in [0.2, 0.25) is 0 Å². The fraction of sp³-hybridized carbons (Fsp3) is 0.538. The van der Waals surface area contributed by atoms with Crippen LogP contribution >= 0.6 is 0 Å². The second-order valence-corrected chi connectivity index (χ2v) is 4.32. The summed E-state index contributed by atoms with van der Waals surface area (Å²) in [6.07, 6.45) is 1.69. The fourth-order valence-corrected chi connectivity index (χ4v) is 2.60. The van der Waals surface area contributed by atoms with Gasteiger partial charge >= 0.3 is 0 Å². The van der Waals surface area contributed by atoms with Gasteiger partial charge in [-0.2, -0.15) is 0 Å². The molecule has 2 N–H and O–H groups in total. The van der Waals surface area contributed by atoms with Crippen molar-refractivity contribution >= 4 is 0 Å². The lowest BCUT2D eigenvalue weighted by Gasteiger charge is -2.10. The summed E-state index contributed by atoms with van der Waals surface area (Å²) in [5.41, 5.74) is 2.44. The molecule has 0 amide bonds. The van der Waals surface area contributed by atoms with Crippen LogP contribution in [0.25, 0.3) is 0 Å². The molecule has 1 aromatic carbocycles. The van der Waals surface area contributed by atoms with Gasteiger partial charge in [0, 0.05) is 19.1 Å². The molecule has 0 heterocycles. The number of rotatable bonds is 4. The average Bonchev–Trinajstić information content (AvgIpc) is 2.67. The molecule has 0 spiro atoms. The van der Waals surface area contributed by atoms with Crippen LogP contribution in [0.15, 0.2) is 18.2 Å². The monoisotopic (exact) mass is 222 g/mol. The van der Waals surface area contributed by atoms with Gasteiger partial charge in [0.05, 0.1) is 7.11 Å². The summed E-state index contributed by atoms with van der Waals surface area (Å²) >= 11 is 0. The smallest absolute Gasteiger partial charge is 0.119 e. The molecule has 88 valence electrons. The summed E-state index contributed by atoms with van der Waals surface area (Å²) in [4.78, 5) is 0. The quantitative estimate of drug-likeness (QED) is 0.814. The van der Waals surface area contributed by atoms with Crippen LogP contribution in [0.5, 0.6) is 5.75 Å². The van der Waals surface area contributed by atoms with Gasteiger partial charge in [0.1, 0.15) is 5.75 Å². The molecule has 1 aliphatic carbocycles. The molecule has 0 bridgehead atoms. The predicted octanol–water partition coefficient (Wildman–Crippen LogP) is 1.64. The van der Waals surface area contributed by atoms with E-state index in [0.717, 1.165) is 18.6 Å². The molecular formula is C13H18O3. The predicted molar refractivity (Wildman–Crippen MR) is 61.9 cm³/mol. The van der Waals surface area contributed by atoms with Crippen molar-refractivity contribution in [2.75, 3.05) is 20.3 Å². The third-order valence-electron chi connectivity index (χ3n) is 3.44. The Morgan fingerprint density at radius 1 is 1.25 bits per heavy atom. The summed E-state index contributed by atoms with van der Waals surface area (Å²) in [5.74, 6) is 1.42. The van der Waals surface area contributed by atoms with Crippen LogP contribution in [0.1, 0.15) is 35.8 Å². The van der Waals surface area contributed by atoms with Gasteiger partial charge in [0.25, 0.3) is 0 Å². The van der Waals surface area contributed by atoms with E-state index in [2.05, 4.69) is 0 Å². The first-order valence-electron chi connectivity index (χ1n) is 5.69. The minimum Gasteiger partial charge on any atom is -0.497 e. The Balaban J connectivity index is 2.33. The zero-order valence-electron chi connectivity index (χ0n) is 9.52. The van der Waals surface area contributed by atoms with E-state index in [1.807, 2.05) is 18.2 Å². The van der Waals surface area contributed by atoms with Crippen molar-refractivity contribution in [3.05, 3.63) is 29.3 Å². The number of aliphatic hydroxyl groups is 2. The third-order valence-corrected chi connectivity index (χ3v) is 3.44. The Labute approximate surface area is 95.7 Å². The molecule has 1 aliphatic rings. The van der Waals surface area contributed by atoms with Crippen LogP contribution in [0.4, 0.5) is 0 Å². The molecule has 1 aromatic rings. The first-order valence-corrected chi connectivity index (χ1v) is 5.69. The van der Waals surface area contributed by atoms with Crippen molar-refractivity contribution in [3.63, 3.8) is 0 Å². The molecule has 0 aromatic heterocycles. The molecule has 0 saturated carbocycles. The zero-order chi connectivity index (χ0) is 11.5. The van der Waals surface area contributed by atoms with E-state index < -0.39 is 0 Å². The van der Waals surface area contributed by atoms with E-state index in [1.165, 1.54) is 11.1 Å². The molecule has 2 rings (SSSR count). The lowest BCUT2D eigenvalue weighted by molar-refractivity contribution is 0.247. The number of hydrogen-bond acceptors (Lipinski definition) is 3. The summed E-state index contributed by atoms with van der Waals surface area (Å²) in [6, 6.07) is 6.00. The second-order valence-electron chi connectivity index (χ2n) is 4.32. The van der Waals surface area contributed by atoms with E-state index in [4.69, 9.17) is 9.84 Å². The summed E-state index contributed by atoms with van der Waals surface area (Å²) in [6.45, 7) is 0.376. The fourth-order valence-electron chi connectivity index (χ4n) is 2.60. The first kappa shape index (κ1) is 11.4. The molecule has 0 radical (unpaired) electrons. The molecular weight excluding hydrogens is 204 g/mol. The van der Waals surface area contributed by atoms with Crippen molar-refractivity contribution in [2.45, 2.75) is 24.7 Å². The van der Waals surface area contributed by atoms with Gasteiger partial charge in [-0.05, 0) is 42.0 Å². The van der Waals surface area contributed by atoms with Crippen LogP contribution < -0.4 is 4.74 Å². The number of aliphatic hydroxyl groups excluding tert-OH is 2. The Bertz CT molecular complexity index is 362. The molecule has 0 fully saturated rings.